The van der Waals surface area contributed by atoms with Gasteiger partial charge in [0, 0.05) is 12.1 Å². The van der Waals surface area contributed by atoms with E-state index in [1.807, 2.05) is 31.2 Å². The summed E-state index contributed by atoms with van der Waals surface area (Å²) in [6.45, 7) is 3.99. The maximum atomic E-state index is 12.4. The van der Waals surface area contributed by atoms with Crippen LogP contribution in [0.15, 0.2) is 47.0 Å². The quantitative estimate of drug-likeness (QED) is 0.740. The molecule has 18 heavy (non-hydrogen) atoms. The summed E-state index contributed by atoms with van der Waals surface area (Å²) in [6, 6.07) is 10.3. The molecule has 92 valence electrons. The van der Waals surface area contributed by atoms with Gasteiger partial charge >= 0.3 is 0 Å². The number of Topliss-reactive ketones (excluding diaryl/α,β-unsaturated/α-hetero) is 1. The van der Waals surface area contributed by atoms with Crippen molar-refractivity contribution in [1.29, 1.82) is 0 Å². The minimum absolute atomic E-state index is 0.129. The molecule has 0 saturated carbocycles. The largest absolute Gasteiger partial charge is 0.294 e. The first-order valence-electron chi connectivity index (χ1n) is 6.45. The molecular formula is C16H17NO. The summed E-state index contributed by atoms with van der Waals surface area (Å²) in [6.07, 6.45) is 3.70. The van der Waals surface area contributed by atoms with Crippen molar-refractivity contribution < 1.29 is 4.79 Å². The lowest BCUT2D eigenvalue weighted by Crippen LogP contribution is -2.39. The SMILES string of the molecule is CC1=CC[C@@H]2N=C(c3ccccc3)C[C@]2(C)C1=O. The van der Waals surface area contributed by atoms with Crippen LogP contribution in [-0.4, -0.2) is 17.5 Å². The summed E-state index contributed by atoms with van der Waals surface area (Å²) in [7, 11) is 0. The molecule has 1 aliphatic heterocycles. The first kappa shape index (κ1) is 11.4. The lowest BCUT2D eigenvalue weighted by molar-refractivity contribution is -0.124. The zero-order valence-corrected chi connectivity index (χ0v) is 10.8. The monoisotopic (exact) mass is 239 g/mol. The maximum absolute atomic E-state index is 12.4. The minimum atomic E-state index is -0.315. The van der Waals surface area contributed by atoms with E-state index in [1.165, 1.54) is 0 Å². The van der Waals surface area contributed by atoms with Gasteiger partial charge in [-0.25, -0.2) is 0 Å². The standard InChI is InChI=1S/C16H17NO/c1-11-8-9-14-16(2,15(11)18)10-13(17-14)12-6-4-3-5-7-12/h3-8,14H,9-10H2,1-2H3/t14-,16-/m0/s1. The van der Waals surface area contributed by atoms with Crippen LogP contribution in [0.3, 0.4) is 0 Å². The van der Waals surface area contributed by atoms with Gasteiger partial charge in [0.15, 0.2) is 5.78 Å². The second-order valence-corrected chi connectivity index (χ2v) is 5.50. The number of aliphatic imine (C=N–C) groups is 1. The summed E-state index contributed by atoms with van der Waals surface area (Å²) < 4.78 is 0. The molecule has 2 heteroatoms. The highest BCUT2D eigenvalue weighted by atomic mass is 16.1. The Kier molecular flexibility index (Phi) is 2.47. The third-order valence-corrected chi connectivity index (χ3v) is 4.21. The van der Waals surface area contributed by atoms with Crippen molar-refractivity contribution in [1.82, 2.24) is 0 Å². The van der Waals surface area contributed by atoms with E-state index in [9.17, 15) is 4.79 Å². The van der Waals surface area contributed by atoms with Gasteiger partial charge in [0.1, 0.15) is 0 Å². The van der Waals surface area contributed by atoms with Crippen LogP contribution in [0.25, 0.3) is 0 Å². The van der Waals surface area contributed by atoms with Crippen LogP contribution >= 0.6 is 0 Å². The van der Waals surface area contributed by atoms with Crippen molar-refractivity contribution in [3.05, 3.63) is 47.5 Å². The number of benzene rings is 1. The zero-order valence-electron chi connectivity index (χ0n) is 10.8. The maximum Gasteiger partial charge on any atom is 0.166 e. The molecule has 1 aliphatic carbocycles. The topological polar surface area (TPSA) is 29.4 Å². The van der Waals surface area contributed by atoms with Crippen molar-refractivity contribution in [2.75, 3.05) is 0 Å². The van der Waals surface area contributed by atoms with Crippen LogP contribution in [-0.2, 0) is 4.79 Å². The number of hydrogen-bond donors (Lipinski definition) is 0. The average Bonchev–Trinajstić information content (AvgIpc) is 2.75. The van der Waals surface area contributed by atoms with Gasteiger partial charge in [0.05, 0.1) is 11.5 Å². The van der Waals surface area contributed by atoms with Crippen molar-refractivity contribution in [2.45, 2.75) is 32.7 Å². The van der Waals surface area contributed by atoms with Crippen molar-refractivity contribution in [2.24, 2.45) is 10.4 Å². The molecule has 0 radical (unpaired) electrons. The van der Waals surface area contributed by atoms with Gasteiger partial charge in [0.2, 0.25) is 0 Å². The molecule has 0 fully saturated rings. The summed E-state index contributed by atoms with van der Waals surface area (Å²) in [4.78, 5) is 17.2. The highest BCUT2D eigenvalue weighted by Crippen LogP contribution is 2.43. The molecule has 3 rings (SSSR count). The predicted octanol–water partition coefficient (Wildman–Crippen LogP) is 3.17. The first-order chi connectivity index (χ1) is 8.61. The number of ketones is 1. The Hall–Kier alpha value is -1.70. The second-order valence-electron chi connectivity index (χ2n) is 5.50. The molecule has 2 nitrogen and oxygen atoms in total. The Labute approximate surface area is 107 Å². The molecule has 2 aliphatic rings. The van der Waals surface area contributed by atoms with Crippen LogP contribution in [0.4, 0.5) is 0 Å². The summed E-state index contributed by atoms with van der Waals surface area (Å²) in [5.41, 5.74) is 2.82. The Bertz CT molecular complexity index is 556. The molecule has 1 aromatic rings. The molecule has 0 N–H and O–H groups in total. The summed E-state index contributed by atoms with van der Waals surface area (Å²) in [5, 5.41) is 0. The van der Waals surface area contributed by atoms with Crippen LogP contribution in [0, 0.1) is 5.41 Å². The number of hydrogen-bond acceptors (Lipinski definition) is 2. The molecule has 1 heterocycles. The van der Waals surface area contributed by atoms with Crippen LogP contribution in [0.1, 0.15) is 32.3 Å². The number of allylic oxidation sites excluding steroid dienone is 1. The molecule has 0 unspecified atom stereocenters. The normalized spacial score (nSPS) is 30.8. The highest BCUT2D eigenvalue weighted by molar-refractivity contribution is 6.10. The van der Waals surface area contributed by atoms with Crippen LogP contribution in [0.5, 0.6) is 0 Å². The second kappa shape index (κ2) is 3.91. The fourth-order valence-corrected chi connectivity index (χ4v) is 3.02. The van der Waals surface area contributed by atoms with E-state index in [-0.39, 0.29) is 17.2 Å². The Morgan fingerprint density at radius 1 is 1.28 bits per heavy atom. The fraction of sp³-hybridized carbons (Fsp3) is 0.375. The lowest BCUT2D eigenvalue weighted by atomic mass is 9.70. The van der Waals surface area contributed by atoms with E-state index in [4.69, 9.17) is 4.99 Å². The summed E-state index contributed by atoms with van der Waals surface area (Å²) in [5.74, 6) is 0.272. The molecule has 0 aromatic heterocycles. The van der Waals surface area contributed by atoms with Gasteiger partial charge in [0.25, 0.3) is 0 Å². The Balaban J connectivity index is 1.96. The van der Waals surface area contributed by atoms with Crippen molar-refractivity contribution in [3.63, 3.8) is 0 Å². The van der Waals surface area contributed by atoms with Crippen LogP contribution in [0.2, 0.25) is 0 Å². The van der Waals surface area contributed by atoms with Crippen LogP contribution < -0.4 is 0 Å². The van der Waals surface area contributed by atoms with Gasteiger partial charge in [-0.15, -0.1) is 0 Å². The van der Waals surface area contributed by atoms with E-state index in [1.54, 1.807) is 0 Å². The van der Waals surface area contributed by atoms with Gasteiger partial charge in [-0.2, -0.15) is 0 Å². The van der Waals surface area contributed by atoms with Gasteiger partial charge in [-0.05, 0) is 31.4 Å². The van der Waals surface area contributed by atoms with E-state index >= 15 is 0 Å². The Morgan fingerprint density at radius 3 is 2.72 bits per heavy atom. The number of rotatable bonds is 1. The van der Waals surface area contributed by atoms with Gasteiger partial charge < -0.3 is 0 Å². The smallest absolute Gasteiger partial charge is 0.166 e. The molecular weight excluding hydrogens is 222 g/mol. The first-order valence-corrected chi connectivity index (χ1v) is 6.45. The van der Waals surface area contributed by atoms with Gasteiger partial charge in [-0.1, -0.05) is 36.4 Å². The third-order valence-electron chi connectivity index (χ3n) is 4.21. The van der Waals surface area contributed by atoms with Gasteiger partial charge in [-0.3, -0.25) is 9.79 Å². The van der Waals surface area contributed by atoms with E-state index in [0.29, 0.717) is 0 Å². The molecule has 2 atom stereocenters. The molecule has 0 amide bonds. The third kappa shape index (κ3) is 1.56. The van der Waals surface area contributed by atoms with Crippen molar-refractivity contribution >= 4 is 11.5 Å². The Morgan fingerprint density at radius 2 is 2.00 bits per heavy atom. The number of carbonyl (C=O) groups is 1. The summed E-state index contributed by atoms with van der Waals surface area (Å²) >= 11 is 0. The molecule has 0 bridgehead atoms. The lowest BCUT2D eigenvalue weighted by Gasteiger charge is -2.31. The van der Waals surface area contributed by atoms with E-state index in [2.05, 4.69) is 19.1 Å². The number of carbonyl (C=O) groups excluding carboxylic acids is 1. The number of nitrogens with zero attached hydrogens (tertiary/aromatic N) is 1. The zero-order chi connectivity index (χ0) is 12.8. The number of fused-ring (bicyclic) bond motifs is 1. The molecule has 0 spiro atoms. The highest BCUT2D eigenvalue weighted by Gasteiger charge is 2.48. The predicted molar refractivity (Wildman–Crippen MR) is 72.9 cm³/mol. The molecule has 0 saturated heterocycles. The van der Waals surface area contributed by atoms with E-state index < -0.39 is 0 Å². The fourth-order valence-electron chi connectivity index (χ4n) is 3.02. The van der Waals surface area contributed by atoms with E-state index in [0.717, 1.165) is 29.7 Å². The average molecular weight is 239 g/mol. The minimum Gasteiger partial charge on any atom is -0.294 e. The molecule has 1 aromatic carbocycles. The van der Waals surface area contributed by atoms with Crippen molar-refractivity contribution in [3.8, 4) is 0 Å².